The van der Waals surface area contributed by atoms with Crippen molar-refractivity contribution in [3.05, 3.63) is 48.2 Å². The Hall–Kier alpha value is -2.41. The van der Waals surface area contributed by atoms with Crippen molar-refractivity contribution >= 4 is 5.91 Å². The number of hydrogen-bond acceptors (Lipinski definition) is 4. The van der Waals surface area contributed by atoms with Gasteiger partial charge in [0, 0.05) is 26.0 Å². The van der Waals surface area contributed by atoms with E-state index in [1.54, 1.807) is 15.5 Å². The monoisotopic (exact) mass is 345 g/mol. The largest absolute Gasteiger partial charge is 0.467 e. The number of fused-ring (bicyclic) bond motifs is 2. The van der Waals surface area contributed by atoms with Crippen molar-refractivity contribution in [3.8, 4) is 5.88 Å². The Labute approximate surface area is 145 Å². The van der Waals surface area contributed by atoms with Crippen LogP contribution in [0.25, 0.3) is 0 Å². The average molecular weight is 345 g/mol. The van der Waals surface area contributed by atoms with Gasteiger partial charge in [0.1, 0.15) is 11.8 Å². The summed E-state index contributed by atoms with van der Waals surface area (Å²) < 4.78 is 27.5. The van der Waals surface area contributed by atoms with E-state index < -0.39 is 11.9 Å². The zero-order valence-electron chi connectivity index (χ0n) is 14.0. The second-order valence-electron chi connectivity index (χ2n) is 6.43. The molecular weight excluding hydrogens is 325 g/mol. The van der Waals surface area contributed by atoms with Gasteiger partial charge in [0.05, 0.1) is 18.8 Å². The van der Waals surface area contributed by atoms with Crippen molar-refractivity contribution in [2.24, 2.45) is 7.05 Å². The first-order chi connectivity index (χ1) is 12.1. The molecule has 2 fully saturated rings. The fourth-order valence-electron chi connectivity index (χ4n) is 3.71. The van der Waals surface area contributed by atoms with Crippen LogP contribution in [-0.2, 0) is 11.8 Å². The highest BCUT2D eigenvalue weighted by Gasteiger charge is 2.46. The first kappa shape index (κ1) is 16.1. The maximum atomic E-state index is 13.9. The van der Waals surface area contributed by atoms with Crippen LogP contribution in [0.15, 0.2) is 36.7 Å². The normalized spacial score (nSPS) is 25.7. The molecule has 1 amide bonds. The Kier molecular flexibility index (Phi) is 4.17. The number of halogens is 1. The van der Waals surface area contributed by atoms with Gasteiger partial charge in [0.15, 0.2) is 5.82 Å². The molecule has 7 heteroatoms. The number of rotatable bonds is 3. The zero-order chi connectivity index (χ0) is 17.4. The summed E-state index contributed by atoms with van der Waals surface area (Å²) in [6.07, 6.45) is 4.30. The molecule has 3 heterocycles. The third kappa shape index (κ3) is 2.89. The lowest BCUT2D eigenvalue weighted by atomic mass is 10.1. The van der Waals surface area contributed by atoms with Crippen LogP contribution in [0.1, 0.15) is 23.3 Å². The highest BCUT2D eigenvalue weighted by Crippen LogP contribution is 2.33. The summed E-state index contributed by atoms with van der Waals surface area (Å²) in [5.74, 6) is -0.605. The third-order valence-corrected chi connectivity index (χ3v) is 4.95. The van der Waals surface area contributed by atoms with Crippen LogP contribution in [0.4, 0.5) is 4.39 Å². The molecule has 6 nitrogen and oxygen atoms in total. The standard InChI is InChI=1S/C18H20FN3O3/c1-21-9-3-5-14(21)18(23)22-10-11-24-15-7-6-13(22)16(15)25-17-12(19)4-2-8-20-17/h2-5,8-9,13,15-16H,6-7,10-11H2,1H3/t13-,15-,16-/m0/s1. The smallest absolute Gasteiger partial charge is 0.270 e. The van der Waals surface area contributed by atoms with E-state index in [-0.39, 0.29) is 23.9 Å². The van der Waals surface area contributed by atoms with Gasteiger partial charge in [-0.05, 0) is 37.1 Å². The summed E-state index contributed by atoms with van der Waals surface area (Å²) >= 11 is 0. The van der Waals surface area contributed by atoms with Crippen molar-refractivity contribution in [2.45, 2.75) is 31.1 Å². The predicted molar refractivity (Wildman–Crippen MR) is 87.8 cm³/mol. The SMILES string of the molecule is Cn1cccc1C(=O)N1CCO[C@H]2CC[C@H]1[C@@H]2Oc1ncccc1F. The van der Waals surface area contributed by atoms with Gasteiger partial charge < -0.3 is 18.9 Å². The average Bonchev–Trinajstić information content (AvgIpc) is 3.13. The maximum Gasteiger partial charge on any atom is 0.270 e. The van der Waals surface area contributed by atoms with E-state index in [1.165, 1.54) is 18.3 Å². The molecule has 3 atom stereocenters. The number of hydrogen-bond donors (Lipinski definition) is 0. The minimum absolute atomic E-state index is 0.0406. The minimum Gasteiger partial charge on any atom is -0.467 e. The minimum atomic E-state index is -0.508. The van der Waals surface area contributed by atoms with Gasteiger partial charge >= 0.3 is 0 Å². The molecule has 0 aromatic carbocycles. The summed E-state index contributed by atoms with van der Waals surface area (Å²) in [5.41, 5.74) is 0.619. The van der Waals surface area contributed by atoms with E-state index in [4.69, 9.17) is 9.47 Å². The number of pyridine rings is 1. The quantitative estimate of drug-likeness (QED) is 0.854. The van der Waals surface area contributed by atoms with Gasteiger partial charge in [-0.1, -0.05) is 0 Å². The van der Waals surface area contributed by atoms with Crippen molar-refractivity contribution in [3.63, 3.8) is 0 Å². The number of nitrogens with zero attached hydrogens (tertiary/aromatic N) is 3. The summed E-state index contributed by atoms with van der Waals surface area (Å²) in [7, 11) is 1.84. The first-order valence-electron chi connectivity index (χ1n) is 8.46. The number of aromatic nitrogens is 2. The maximum absolute atomic E-state index is 13.9. The number of carbonyl (C=O) groups excluding carboxylic acids is 1. The Balaban J connectivity index is 1.61. The van der Waals surface area contributed by atoms with Crippen molar-refractivity contribution in [1.29, 1.82) is 0 Å². The molecule has 0 unspecified atom stereocenters. The lowest BCUT2D eigenvalue weighted by Gasteiger charge is -2.31. The number of aryl methyl sites for hydroxylation is 1. The summed E-state index contributed by atoms with van der Waals surface area (Å²) in [4.78, 5) is 18.8. The number of amides is 1. The molecule has 0 spiro atoms. The highest BCUT2D eigenvalue weighted by molar-refractivity contribution is 5.93. The molecule has 25 heavy (non-hydrogen) atoms. The summed E-state index contributed by atoms with van der Waals surface area (Å²) in [6.45, 7) is 0.942. The van der Waals surface area contributed by atoms with Gasteiger partial charge in [-0.15, -0.1) is 0 Å². The molecule has 1 aliphatic heterocycles. The van der Waals surface area contributed by atoms with Gasteiger partial charge in [-0.3, -0.25) is 4.79 Å². The fraction of sp³-hybridized carbons (Fsp3) is 0.444. The van der Waals surface area contributed by atoms with Crippen LogP contribution in [0, 0.1) is 5.82 Å². The Morgan fingerprint density at radius 1 is 1.36 bits per heavy atom. The molecular formula is C18H20FN3O3. The molecule has 0 radical (unpaired) electrons. The van der Waals surface area contributed by atoms with Gasteiger partial charge in [0.2, 0.25) is 0 Å². The van der Waals surface area contributed by atoms with Crippen LogP contribution in [0.2, 0.25) is 0 Å². The van der Waals surface area contributed by atoms with Gasteiger partial charge in [-0.2, -0.15) is 0 Å². The molecule has 1 aliphatic carbocycles. The zero-order valence-corrected chi connectivity index (χ0v) is 14.0. The molecule has 2 aliphatic rings. The second-order valence-corrected chi connectivity index (χ2v) is 6.43. The van der Waals surface area contributed by atoms with Crippen molar-refractivity contribution in [1.82, 2.24) is 14.5 Å². The number of ether oxygens (including phenoxy) is 2. The van der Waals surface area contributed by atoms with E-state index in [2.05, 4.69) is 4.98 Å². The van der Waals surface area contributed by atoms with Gasteiger partial charge in [-0.25, -0.2) is 9.37 Å². The van der Waals surface area contributed by atoms with E-state index in [0.29, 0.717) is 18.8 Å². The molecule has 2 aromatic rings. The van der Waals surface area contributed by atoms with E-state index in [1.807, 2.05) is 19.3 Å². The lowest BCUT2D eigenvalue weighted by molar-refractivity contribution is 0.000299. The highest BCUT2D eigenvalue weighted by atomic mass is 19.1. The van der Waals surface area contributed by atoms with Crippen LogP contribution < -0.4 is 4.74 Å². The topological polar surface area (TPSA) is 56.6 Å². The van der Waals surface area contributed by atoms with E-state index in [0.717, 1.165) is 12.8 Å². The van der Waals surface area contributed by atoms with Crippen LogP contribution >= 0.6 is 0 Å². The number of carbonyl (C=O) groups is 1. The Morgan fingerprint density at radius 2 is 2.24 bits per heavy atom. The first-order valence-corrected chi connectivity index (χ1v) is 8.46. The molecule has 1 saturated heterocycles. The molecule has 132 valence electrons. The summed E-state index contributed by atoms with van der Waals surface area (Å²) in [6, 6.07) is 6.32. The molecule has 2 aromatic heterocycles. The Morgan fingerprint density at radius 3 is 3.00 bits per heavy atom. The van der Waals surface area contributed by atoms with Crippen molar-refractivity contribution < 1.29 is 18.7 Å². The Bertz CT molecular complexity index is 778. The molecule has 0 N–H and O–H groups in total. The third-order valence-electron chi connectivity index (χ3n) is 4.95. The van der Waals surface area contributed by atoms with E-state index >= 15 is 0 Å². The molecule has 1 saturated carbocycles. The second kappa shape index (κ2) is 6.48. The van der Waals surface area contributed by atoms with Crippen LogP contribution in [0.3, 0.4) is 0 Å². The molecule has 2 bridgehead atoms. The van der Waals surface area contributed by atoms with Crippen LogP contribution in [-0.4, -0.2) is 51.8 Å². The predicted octanol–water partition coefficient (Wildman–Crippen LogP) is 2.01. The van der Waals surface area contributed by atoms with E-state index in [9.17, 15) is 9.18 Å². The van der Waals surface area contributed by atoms with Crippen molar-refractivity contribution in [2.75, 3.05) is 13.2 Å². The summed E-state index contributed by atoms with van der Waals surface area (Å²) in [5, 5.41) is 0. The fourth-order valence-corrected chi connectivity index (χ4v) is 3.71. The lowest BCUT2D eigenvalue weighted by Crippen LogP contribution is -2.48. The van der Waals surface area contributed by atoms with Crippen LogP contribution in [0.5, 0.6) is 5.88 Å². The molecule has 4 rings (SSSR count). The van der Waals surface area contributed by atoms with Gasteiger partial charge in [0.25, 0.3) is 11.8 Å².